The summed E-state index contributed by atoms with van der Waals surface area (Å²) in [6.07, 6.45) is -5.91. The zero-order valence-electron chi connectivity index (χ0n) is 7.27. The van der Waals surface area contributed by atoms with Gasteiger partial charge in [-0.3, -0.25) is 0 Å². The molecule has 0 bridgehead atoms. The van der Waals surface area contributed by atoms with Gasteiger partial charge in [0.15, 0.2) is 0 Å². The number of aliphatic hydroxyl groups is 1. The highest BCUT2D eigenvalue weighted by atomic mass is 19.4. The van der Waals surface area contributed by atoms with Crippen LogP contribution in [0.5, 0.6) is 0 Å². The summed E-state index contributed by atoms with van der Waals surface area (Å²) in [5.41, 5.74) is -1.45. The third kappa shape index (κ3) is 2.23. The largest absolute Gasteiger partial charge is 0.416 e. The first kappa shape index (κ1) is 11.0. The molecular formula is C9H8F4O. The molecule has 0 aliphatic heterocycles. The fourth-order valence-corrected chi connectivity index (χ4v) is 1.14. The second kappa shape index (κ2) is 3.57. The van der Waals surface area contributed by atoms with Crippen LogP contribution in [0.1, 0.15) is 24.2 Å². The molecule has 0 amide bonds. The molecule has 1 rings (SSSR count). The minimum Gasteiger partial charge on any atom is -0.389 e. The molecule has 1 nitrogen and oxygen atoms in total. The summed E-state index contributed by atoms with van der Waals surface area (Å²) in [7, 11) is 0. The fraction of sp³-hybridized carbons (Fsp3) is 0.333. The quantitative estimate of drug-likeness (QED) is 0.703. The molecule has 78 valence electrons. The van der Waals surface area contributed by atoms with E-state index in [1.165, 1.54) is 0 Å². The normalized spacial score (nSPS) is 14.1. The van der Waals surface area contributed by atoms with Crippen molar-refractivity contribution in [3.8, 4) is 0 Å². The number of aliphatic hydroxyl groups excluding tert-OH is 1. The number of alkyl halides is 3. The minimum absolute atomic E-state index is 0.447. The molecule has 0 saturated heterocycles. The summed E-state index contributed by atoms with van der Waals surface area (Å²) in [6, 6.07) is 2.03. The van der Waals surface area contributed by atoms with Crippen molar-refractivity contribution in [2.45, 2.75) is 19.2 Å². The molecule has 0 saturated carbocycles. The van der Waals surface area contributed by atoms with Crippen LogP contribution in [0.15, 0.2) is 18.2 Å². The third-order valence-corrected chi connectivity index (χ3v) is 1.77. The van der Waals surface area contributed by atoms with Crippen molar-refractivity contribution < 1.29 is 22.7 Å². The van der Waals surface area contributed by atoms with Crippen molar-refractivity contribution in [3.63, 3.8) is 0 Å². The number of hydrogen-bond donors (Lipinski definition) is 1. The Morgan fingerprint density at radius 2 is 1.86 bits per heavy atom. The Hall–Kier alpha value is -1.10. The maximum Gasteiger partial charge on any atom is 0.416 e. The van der Waals surface area contributed by atoms with Gasteiger partial charge in [0, 0.05) is 0 Å². The molecule has 0 radical (unpaired) electrons. The van der Waals surface area contributed by atoms with Crippen molar-refractivity contribution in [1.82, 2.24) is 0 Å². The first-order valence-corrected chi connectivity index (χ1v) is 3.87. The molecule has 5 heteroatoms. The molecule has 1 atom stereocenters. The van der Waals surface area contributed by atoms with Crippen LogP contribution in [0, 0.1) is 5.82 Å². The minimum atomic E-state index is -4.57. The van der Waals surface area contributed by atoms with E-state index in [2.05, 4.69) is 0 Å². The van der Waals surface area contributed by atoms with Gasteiger partial charge in [0.1, 0.15) is 5.82 Å². The lowest BCUT2D eigenvalue weighted by molar-refractivity contribution is -0.139. The fourth-order valence-electron chi connectivity index (χ4n) is 1.14. The summed E-state index contributed by atoms with van der Waals surface area (Å²) in [5.74, 6) is -0.797. The Bertz CT molecular complexity index is 330. The van der Waals surface area contributed by atoms with Crippen LogP contribution in [-0.2, 0) is 6.18 Å². The standard InChI is InChI=1S/C9H8F4O/c1-5(14)7-4-6(10)2-3-8(7)9(11,12)13/h2-5,14H,1H3. The Morgan fingerprint density at radius 3 is 2.29 bits per heavy atom. The van der Waals surface area contributed by atoms with Gasteiger partial charge in [-0.05, 0) is 30.7 Å². The molecule has 1 aromatic carbocycles. The number of rotatable bonds is 1. The molecule has 0 fully saturated rings. The molecular weight excluding hydrogens is 200 g/mol. The Morgan fingerprint density at radius 1 is 1.29 bits per heavy atom. The highest BCUT2D eigenvalue weighted by Gasteiger charge is 2.34. The van der Waals surface area contributed by atoms with Crippen molar-refractivity contribution in [3.05, 3.63) is 35.1 Å². The average Bonchev–Trinajstić information content (AvgIpc) is 2.01. The van der Waals surface area contributed by atoms with E-state index in [1.54, 1.807) is 0 Å². The summed E-state index contributed by atoms with van der Waals surface area (Å²) in [5, 5.41) is 9.03. The number of benzene rings is 1. The van der Waals surface area contributed by atoms with Crippen molar-refractivity contribution in [2.75, 3.05) is 0 Å². The first-order chi connectivity index (χ1) is 6.32. The van der Waals surface area contributed by atoms with E-state index in [-0.39, 0.29) is 0 Å². The molecule has 0 aromatic heterocycles. The Kier molecular flexibility index (Phi) is 2.80. The van der Waals surface area contributed by atoms with Crippen molar-refractivity contribution in [2.24, 2.45) is 0 Å². The van der Waals surface area contributed by atoms with Gasteiger partial charge >= 0.3 is 6.18 Å². The average molecular weight is 208 g/mol. The first-order valence-electron chi connectivity index (χ1n) is 3.87. The Labute approximate surface area is 78.0 Å². The lowest BCUT2D eigenvalue weighted by atomic mass is 10.0. The van der Waals surface area contributed by atoms with Gasteiger partial charge in [0.05, 0.1) is 11.7 Å². The molecule has 0 heterocycles. The third-order valence-electron chi connectivity index (χ3n) is 1.77. The molecule has 0 aliphatic carbocycles. The summed E-state index contributed by atoms with van der Waals surface area (Å²) in [4.78, 5) is 0. The number of hydrogen-bond acceptors (Lipinski definition) is 1. The predicted octanol–water partition coefficient (Wildman–Crippen LogP) is 2.90. The maximum atomic E-state index is 12.6. The van der Waals surface area contributed by atoms with Crippen LogP contribution in [0.3, 0.4) is 0 Å². The Balaban J connectivity index is 3.29. The molecule has 1 N–H and O–H groups in total. The summed E-state index contributed by atoms with van der Waals surface area (Å²) >= 11 is 0. The van der Waals surface area contributed by atoms with Crippen molar-refractivity contribution in [1.29, 1.82) is 0 Å². The van der Waals surface area contributed by atoms with E-state index >= 15 is 0 Å². The van der Waals surface area contributed by atoms with Crippen LogP contribution >= 0.6 is 0 Å². The summed E-state index contributed by atoms with van der Waals surface area (Å²) in [6.45, 7) is 1.16. The van der Waals surface area contributed by atoms with E-state index < -0.39 is 29.2 Å². The molecule has 0 aliphatic rings. The SMILES string of the molecule is CC(O)c1cc(F)ccc1C(F)(F)F. The highest BCUT2D eigenvalue weighted by Crippen LogP contribution is 2.34. The van der Waals surface area contributed by atoms with Crippen LogP contribution in [0.2, 0.25) is 0 Å². The van der Waals surface area contributed by atoms with Gasteiger partial charge in [-0.25, -0.2) is 4.39 Å². The molecule has 1 aromatic rings. The number of halogens is 4. The van der Waals surface area contributed by atoms with Crippen LogP contribution in [0.4, 0.5) is 17.6 Å². The van der Waals surface area contributed by atoms with Gasteiger partial charge in [0.25, 0.3) is 0 Å². The highest BCUT2D eigenvalue weighted by molar-refractivity contribution is 5.31. The smallest absolute Gasteiger partial charge is 0.389 e. The van der Waals surface area contributed by atoms with Gasteiger partial charge in [-0.15, -0.1) is 0 Å². The topological polar surface area (TPSA) is 20.2 Å². The van der Waals surface area contributed by atoms with Crippen molar-refractivity contribution >= 4 is 0 Å². The van der Waals surface area contributed by atoms with Gasteiger partial charge in [-0.2, -0.15) is 13.2 Å². The lowest BCUT2D eigenvalue weighted by Gasteiger charge is -2.14. The van der Waals surface area contributed by atoms with E-state index in [0.29, 0.717) is 18.2 Å². The molecule has 0 spiro atoms. The summed E-state index contributed by atoms with van der Waals surface area (Å²) < 4.78 is 49.5. The van der Waals surface area contributed by atoms with E-state index in [1.807, 2.05) is 0 Å². The molecule has 1 unspecified atom stereocenters. The predicted molar refractivity (Wildman–Crippen MR) is 42.0 cm³/mol. The lowest BCUT2D eigenvalue weighted by Crippen LogP contribution is -2.11. The van der Waals surface area contributed by atoms with Gasteiger partial charge < -0.3 is 5.11 Å². The maximum absolute atomic E-state index is 12.6. The monoisotopic (exact) mass is 208 g/mol. The van der Waals surface area contributed by atoms with Gasteiger partial charge in [0.2, 0.25) is 0 Å². The van der Waals surface area contributed by atoms with E-state index in [0.717, 1.165) is 6.92 Å². The van der Waals surface area contributed by atoms with E-state index in [4.69, 9.17) is 5.11 Å². The van der Waals surface area contributed by atoms with E-state index in [9.17, 15) is 17.6 Å². The second-order valence-corrected chi connectivity index (χ2v) is 2.91. The van der Waals surface area contributed by atoms with Crippen LogP contribution in [-0.4, -0.2) is 5.11 Å². The van der Waals surface area contributed by atoms with Gasteiger partial charge in [-0.1, -0.05) is 0 Å². The van der Waals surface area contributed by atoms with Crippen LogP contribution < -0.4 is 0 Å². The zero-order valence-corrected chi connectivity index (χ0v) is 7.27. The second-order valence-electron chi connectivity index (χ2n) is 2.91. The van der Waals surface area contributed by atoms with Crippen LogP contribution in [0.25, 0.3) is 0 Å². The zero-order chi connectivity index (χ0) is 10.9. The molecule has 14 heavy (non-hydrogen) atoms.